The lowest BCUT2D eigenvalue weighted by Gasteiger charge is -2.24. The quantitative estimate of drug-likeness (QED) is 0.484. The molecular formula is C21H28Cl2N4O4. The highest BCUT2D eigenvalue weighted by atomic mass is 35.5. The highest BCUT2D eigenvalue weighted by molar-refractivity contribution is 6.35. The van der Waals surface area contributed by atoms with E-state index in [2.05, 4.69) is 4.98 Å². The second-order valence-corrected chi connectivity index (χ2v) is 7.96. The maximum atomic E-state index is 13.0. The summed E-state index contributed by atoms with van der Waals surface area (Å²) in [5.74, 6) is -0.209. The second kappa shape index (κ2) is 11.8. The van der Waals surface area contributed by atoms with Crippen LogP contribution >= 0.6 is 23.2 Å². The van der Waals surface area contributed by atoms with Crippen molar-refractivity contribution in [2.75, 3.05) is 23.8 Å². The Kier molecular flexibility index (Phi) is 9.45. The minimum Gasteiger partial charge on any atom is -0.482 e. The van der Waals surface area contributed by atoms with E-state index in [1.807, 2.05) is 13.8 Å². The molecule has 3 N–H and O–H groups in total. The minimum atomic E-state index is -0.704. The molecule has 10 heteroatoms. The molecule has 2 aromatic rings. The van der Waals surface area contributed by atoms with Crippen LogP contribution in [0.4, 0.5) is 11.5 Å². The van der Waals surface area contributed by atoms with E-state index < -0.39 is 17.2 Å². The standard InChI is InChI=1S/C21H28Cl2N4O4/c1-3-5-7-11-26(17(28)13-31-16-9-8-14(22)12-15(16)23)18-19(24)27(10-6-4-2)21(30)25-20(18)29/h8-9,12H,3-7,10-11,13,24H2,1-2H3,(H,25,29,30). The number of rotatable bonds is 11. The van der Waals surface area contributed by atoms with E-state index in [9.17, 15) is 14.4 Å². The van der Waals surface area contributed by atoms with Gasteiger partial charge >= 0.3 is 5.69 Å². The van der Waals surface area contributed by atoms with E-state index in [0.717, 1.165) is 19.3 Å². The van der Waals surface area contributed by atoms with Gasteiger partial charge in [0, 0.05) is 18.1 Å². The zero-order valence-electron chi connectivity index (χ0n) is 17.7. The number of nitrogen functional groups attached to an aromatic ring is 1. The third kappa shape index (κ3) is 6.51. The zero-order valence-corrected chi connectivity index (χ0v) is 19.3. The smallest absolute Gasteiger partial charge is 0.330 e. The predicted molar refractivity (Wildman–Crippen MR) is 124 cm³/mol. The van der Waals surface area contributed by atoms with Gasteiger partial charge in [0.2, 0.25) is 0 Å². The molecular weight excluding hydrogens is 443 g/mol. The Balaban J connectivity index is 2.35. The van der Waals surface area contributed by atoms with Crippen molar-refractivity contribution in [2.45, 2.75) is 52.5 Å². The highest BCUT2D eigenvalue weighted by Gasteiger charge is 2.24. The van der Waals surface area contributed by atoms with Crippen molar-refractivity contribution in [3.8, 4) is 5.75 Å². The SMILES string of the molecule is CCCCCN(C(=O)COc1ccc(Cl)cc1Cl)c1c(N)n(CCCC)c(=O)[nH]c1=O. The molecule has 0 aliphatic heterocycles. The van der Waals surface area contributed by atoms with E-state index >= 15 is 0 Å². The number of carbonyl (C=O) groups excluding carboxylic acids is 1. The molecule has 0 saturated carbocycles. The molecule has 1 aromatic heterocycles. The number of hydrogen-bond acceptors (Lipinski definition) is 5. The number of unbranched alkanes of at least 4 members (excludes halogenated alkanes) is 3. The van der Waals surface area contributed by atoms with Gasteiger partial charge in [-0.3, -0.25) is 19.1 Å². The Labute approximate surface area is 190 Å². The van der Waals surface area contributed by atoms with Gasteiger partial charge in [0.1, 0.15) is 11.6 Å². The topological polar surface area (TPSA) is 110 Å². The van der Waals surface area contributed by atoms with Crippen molar-refractivity contribution < 1.29 is 9.53 Å². The van der Waals surface area contributed by atoms with Gasteiger partial charge in [-0.1, -0.05) is 56.3 Å². The van der Waals surface area contributed by atoms with E-state index in [1.54, 1.807) is 12.1 Å². The number of nitrogens with one attached hydrogen (secondary N) is 1. The molecule has 0 atom stereocenters. The van der Waals surface area contributed by atoms with Crippen LogP contribution in [0, 0.1) is 0 Å². The van der Waals surface area contributed by atoms with Crippen molar-refractivity contribution in [1.29, 1.82) is 0 Å². The molecule has 0 saturated heterocycles. The van der Waals surface area contributed by atoms with Gasteiger partial charge < -0.3 is 15.4 Å². The number of amides is 1. The molecule has 170 valence electrons. The molecule has 0 aliphatic rings. The Morgan fingerprint density at radius 1 is 1.16 bits per heavy atom. The fourth-order valence-corrected chi connectivity index (χ4v) is 3.53. The molecule has 0 aliphatic carbocycles. The Bertz CT molecular complexity index is 1020. The average Bonchev–Trinajstić information content (AvgIpc) is 2.71. The summed E-state index contributed by atoms with van der Waals surface area (Å²) in [6.45, 7) is 4.26. The molecule has 8 nitrogen and oxygen atoms in total. The molecule has 0 bridgehead atoms. The molecule has 1 amide bonds. The van der Waals surface area contributed by atoms with Crippen LogP contribution in [0.15, 0.2) is 27.8 Å². The maximum absolute atomic E-state index is 13.0. The lowest BCUT2D eigenvalue weighted by atomic mass is 10.2. The maximum Gasteiger partial charge on any atom is 0.330 e. The van der Waals surface area contributed by atoms with Gasteiger partial charge in [0.15, 0.2) is 12.3 Å². The van der Waals surface area contributed by atoms with Crippen molar-refractivity contribution in [2.24, 2.45) is 0 Å². The number of ether oxygens (including phenoxy) is 1. The number of aromatic amines is 1. The summed E-state index contributed by atoms with van der Waals surface area (Å²) < 4.78 is 6.85. The summed E-state index contributed by atoms with van der Waals surface area (Å²) in [6.07, 6.45) is 4.01. The number of aromatic nitrogens is 2. The second-order valence-electron chi connectivity index (χ2n) is 7.11. The van der Waals surface area contributed by atoms with Crippen LogP contribution in [0.1, 0.15) is 46.0 Å². The number of halogens is 2. The van der Waals surface area contributed by atoms with Gasteiger partial charge in [-0.15, -0.1) is 0 Å². The van der Waals surface area contributed by atoms with E-state index in [4.69, 9.17) is 33.7 Å². The number of nitrogens with zero attached hydrogens (tertiary/aromatic N) is 2. The van der Waals surface area contributed by atoms with Crippen molar-refractivity contribution >= 4 is 40.6 Å². The first-order valence-corrected chi connectivity index (χ1v) is 11.1. The van der Waals surface area contributed by atoms with Crippen LogP contribution in [-0.4, -0.2) is 28.6 Å². The molecule has 0 spiro atoms. The van der Waals surface area contributed by atoms with Gasteiger partial charge in [-0.2, -0.15) is 0 Å². The summed E-state index contributed by atoms with van der Waals surface area (Å²) >= 11 is 12.0. The van der Waals surface area contributed by atoms with Crippen LogP contribution in [0.25, 0.3) is 0 Å². The van der Waals surface area contributed by atoms with Crippen LogP contribution < -0.4 is 26.6 Å². The minimum absolute atomic E-state index is 0.0310. The number of anilines is 2. The summed E-state index contributed by atoms with van der Waals surface area (Å²) in [5.41, 5.74) is 4.85. The average molecular weight is 471 g/mol. The Morgan fingerprint density at radius 3 is 2.52 bits per heavy atom. The summed E-state index contributed by atoms with van der Waals surface area (Å²) in [6, 6.07) is 4.66. The van der Waals surface area contributed by atoms with Crippen LogP contribution in [-0.2, 0) is 11.3 Å². The zero-order chi connectivity index (χ0) is 23.0. The van der Waals surface area contributed by atoms with Crippen molar-refractivity contribution in [3.05, 3.63) is 49.1 Å². The van der Waals surface area contributed by atoms with Gasteiger partial charge in [-0.05, 0) is 31.0 Å². The van der Waals surface area contributed by atoms with Crippen molar-refractivity contribution in [3.63, 3.8) is 0 Å². The number of hydrogen-bond donors (Lipinski definition) is 2. The third-order valence-corrected chi connectivity index (χ3v) is 5.28. The van der Waals surface area contributed by atoms with Crippen LogP contribution in [0.5, 0.6) is 5.75 Å². The van der Waals surface area contributed by atoms with E-state index in [1.165, 1.54) is 15.5 Å². The van der Waals surface area contributed by atoms with Gasteiger partial charge in [0.25, 0.3) is 11.5 Å². The predicted octanol–water partition coefficient (Wildman–Crippen LogP) is 3.83. The lowest BCUT2D eigenvalue weighted by Crippen LogP contribution is -2.43. The Hall–Kier alpha value is -2.45. The first kappa shape index (κ1) is 24.8. The third-order valence-electron chi connectivity index (χ3n) is 4.75. The molecule has 0 radical (unpaired) electrons. The fraction of sp³-hybridized carbons (Fsp3) is 0.476. The van der Waals surface area contributed by atoms with Gasteiger partial charge in [0.05, 0.1) is 5.02 Å². The van der Waals surface area contributed by atoms with Gasteiger partial charge in [-0.25, -0.2) is 4.79 Å². The normalized spacial score (nSPS) is 10.8. The first-order chi connectivity index (χ1) is 14.8. The number of nitrogens with two attached hydrogens (primary N) is 1. The lowest BCUT2D eigenvalue weighted by molar-refractivity contribution is -0.120. The number of benzene rings is 1. The fourth-order valence-electron chi connectivity index (χ4n) is 3.07. The van der Waals surface area contributed by atoms with E-state index in [0.29, 0.717) is 30.2 Å². The monoisotopic (exact) mass is 470 g/mol. The Morgan fingerprint density at radius 2 is 1.87 bits per heavy atom. The van der Waals surface area contributed by atoms with Crippen LogP contribution in [0.3, 0.4) is 0 Å². The molecule has 0 unspecified atom stereocenters. The summed E-state index contributed by atoms with van der Waals surface area (Å²) in [4.78, 5) is 41.4. The molecule has 1 heterocycles. The molecule has 31 heavy (non-hydrogen) atoms. The van der Waals surface area contributed by atoms with E-state index in [-0.39, 0.29) is 29.7 Å². The highest BCUT2D eigenvalue weighted by Crippen LogP contribution is 2.27. The molecule has 2 rings (SSSR count). The molecule has 1 aromatic carbocycles. The summed E-state index contributed by atoms with van der Waals surface area (Å²) in [7, 11) is 0. The number of H-pyrrole nitrogens is 1. The molecule has 0 fully saturated rings. The van der Waals surface area contributed by atoms with Crippen molar-refractivity contribution in [1.82, 2.24) is 9.55 Å². The van der Waals surface area contributed by atoms with Crippen LogP contribution in [0.2, 0.25) is 10.0 Å². The largest absolute Gasteiger partial charge is 0.482 e. The summed E-state index contributed by atoms with van der Waals surface area (Å²) in [5, 5.41) is 0.710. The first-order valence-electron chi connectivity index (χ1n) is 10.3. The number of carbonyl (C=O) groups is 1.